The number of nitrogens with one attached hydrogen (secondary N) is 1. The smallest absolute Gasteiger partial charge is 0.0894 e. The zero-order valence-electron chi connectivity index (χ0n) is 7.01. The van der Waals surface area contributed by atoms with Crippen LogP contribution >= 0.6 is 0 Å². The van der Waals surface area contributed by atoms with Crippen LogP contribution in [0.15, 0.2) is 0 Å². The van der Waals surface area contributed by atoms with E-state index in [2.05, 4.69) is 12.2 Å². The van der Waals surface area contributed by atoms with Crippen LogP contribution in [0.4, 0.5) is 0 Å². The van der Waals surface area contributed by atoms with Crippen molar-refractivity contribution in [3.05, 3.63) is 0 Å². The molecule has 0 aromatic heterocycles. The summed E-state index contributed by atoms with van der Waals surface area (Å²) in [7, 11) is 0. The summed E-state index contributed by atoms with van der Waals surface area (Å²) in [5.41, 5.74) is 0.481. The van der Waals surface area contributed by atoms with Gasteiger partial charge in [0.05, 0.1) is 12.7 Å². The summed E-state index contributed by atoms with van der Waals surface area (Å²) in [6.45, 7) is 3.55. The normalized spacial score (nSPS) is 23.2. The van der Waals surface area contributed by atoms with Crippen LogP contribution in [0, 0.1) is 5.41 Å². The second-order valence-corrected chi connectivity index (χ2v) is 3.78. The molecule has 0 heterocycles. The lowest BCUT2D eigenvalue weighted by atomic mass is 10.1. The van der Waals surface area contributed by atoms with Crippen molar-refractivity contribution in [3.8, 4) is 0 Å². The van der Waals surface area contributed by atoms with Gasteiger partial charge in [0.15, 0.2) is 0 Å². The molecule has 1 fully saturated rings. The van der Waals surface area contributed by atoms with Gasteiger partial charge < -0.3 is 15.5 Å². The highest BCUT2D eigenvalue weighted by Crippen LogP contribution is 2.43. The minimum absolute atomic E-state index is 0.149. The zero-order chi connectivity index (χ0) is 8.32. The molecule has 0 aromatic carbocycles. The molecule has 1 saturated carbocycles. The molecule has 0 radical (unpaired) electrons. The molecular formula is C8H17NO2. The minimum atomic E-state index is -0.600. The first-order valence-corrected chi connectivity index (χ1v) is 4.16. The van der Waals surface area contributed by atoms with Crippen LogP contribution in [0.5, 0.6) is 0 Å². The molecule has 1 aliphatic rings. The highest BCUT2D eigenvalue weighted by atomic mass is 16.3. The van der Waals surface area contributed by atoms with E-state index in [4.69, 9.17) is 10.2 Å². The van der Waals surface area contributed by atoms with Crippen molar-refractivity contribution in [2.75, 3.05) is 19.7 Å². The Bertz CT molecular complexity index is 123. The largest absolute Gasteiger partial charge is 0.394 e. The van der Waals surface area contributed by atoms with Crippen molar-refractivity contribution in [1.82, 2.24) is 5.32 Å². The molecule has 3 N–H and O–H groups in total. The van der Waals surface area contributed by atoms with Crippen LogP contribution in [0.2, 0.25) is 0 Å². The van der Waals surface area contributed by atoms with Gasteiger partial charge in [-0.15, -0.1) is 0 Å². The fourth-order valence-corrected chi connectivity index (χ4v) is 0.995. The van der Waals surface area contributed by atoms with E-state index in [9.17, 15) is 0 Å². The molecule has 0 aliphatic heterocycles. The molecule has 1 aliphatic carbocycles. The van der Waals surface area contributed by atoms with Crippen molar-refractivity contribution in [3.63, 3.8) is 0 Å². The predicted octanol–water partition coefficient (Wildman–Crippen LogP) is -0.271. The Balaban J connectivity index is 1.95. The Labute approximate surface area is 67.4 Å². The third kappa shape index (κ3) is 3.18. The molecule has 1 atom stereocenters. The third-order valence-electron chi connectivity index (χ3n) is 2.25. The number of rotatable bonds is 5. The van der Waals surface area contributed by atoms with Crippen LogP contribution in [0.1, 0.15) is 19.8 Å². The lowest BCUT2D eigenvalue weighted by Crippen LogP contribution is -2.32. The second-order valence-electron chi connectivity index (χ2n) is 3.78. The molecular weight excluding hydrogens is 142 g/mol. The molecule has 0 saturated heterocycles. The Kier molecular flexibility index (Phi) is 2.87. The fraction of sp³-hybridized carbons (Fsp3) is 1.00. The maximum atomic E-state index is 8.96. The van der Waals surface area contributed by atoms with E-state index in [1.54, 1.807) is 0 Å². The van der Waals surface area contributed by atoms with Crippen LogP contribution < -0.4 is 5.32 Å². The zero-order valence-corrected chi connectivity index (χ0v) is 7.01. The molecule has 3 nitrogen and oxygen atoms in total. The summed E-state index contributed by atoms with van der Waals surface area (Å²) in [5, 5.41) is 20.6. The highest BCUT2D eigenvalue weighted by Gasteiger charge is 2.36. The fourth-order valence-electron chi connectivity index (χ4n) is 0.995. The van der Waals surface area contributed by atoms with Crippen LogP contribution in [-0.2, 0) is 0 Å². The Morgan fingerprint density at radius 1 is 1.55 bits per heavy atom. The average molecular weight is 159 g/mol. The minimum Gasteiger partial charge on any atom is -0.394 e. The molecule has 1 rings (SSSR count). The van der Waals surface area contributed by atoms with Gasteiger partial charge in [-0.2, -0.15) is 0 Å². The first kappa shape index (κ1) is 8.97. The van der Waals surface area contributed by atoms with Gasteiger partial charge in [0.25, 0.3) is 0 Å². The van der Waals surface area contributed by atoms with Crippen LogP contribution in [-0.4, -0.2) is 36.0 Å². The van der Waals surface area contributed by atoms with Gasteiger partial charge in [-0.25, -0.2) is 0 Å². The Morgan fingerprint density at radius 2 is 2.18 bits per heavy atom. The molecule has 3 heteroatoms. The van der Waals surface area contributed by atoms with E-state index in [0.29, 0.717) is 12.0 Å². The van der Waals surface area contributed by atoms with Gasteiger partial charge in [0.2, 0.25) is 0 Å². The van der Waals surface area contributed by atoms with Crippen molar-refractivity contribution in [1.29, 1.82) is 0 Å². The Hall–Kier alpha value is -0.120. The van der Waals surface area contributed by atoms with E-state index >= 15 is 0 Å². The van der Waals surface area contributed by atoms with E-state index in [1.165, 1.54) is 12.8 Å². The highest BCUT2D eigenvalue weighted by molar-refractivity contribution is 4.90. The van der Waals surface area contributed by atoms with Crippen molar-refractivity contribution in [2.45, 2.75) is 25.9 Å². The number of aliphatic hydroxyl groups is 2. The summed E-state index contributed by atoms with van der Waals surface area (Å²) in [6.07, 6.45) is 1.97. The van der Waals surface area contributed by atoms with Gasteiger partial charge in [0.1, 0.15) is 0 Å². The number of hydrogen-bond donors (Lipinski definition) is 3. The number of aliphatic hydroxyl groups excluding tert-OH is 2. The summed E-state index contributed by atoms with van der Waals surface area (Å²) in [5.74, 6) is 0. The predicted molar refractivity (Wildman–Crippen MR) is 43.3 cm³/mol. The standard InChI is InChI=1S/C8H17NO2/c1-8(2-3-8)6-9-4-7(11)5-10/h7,9-11H,2-6H2,1H3/t7-/m0/s1. The summed E-state index contributed by atoms with van der Waals surface area (Å²) >= 11 is 0. The van der Waals surface area contributed by atoms with Crippen molar-refractivity contribution >= 4 is 0 Å². The summed E-state index contributed by atoms with van der Waals surface area (Å²) in [6, 6.07) is 0. The second kappa shape index (κ2) is 3.52. The molecule has 0 spiro atoms. The molecule has 0 amide bonds. The third-order valence-corrected chi connectivity index (χ3v) is 2.25. The first-order valence-electron chi connectivity index (χ1n) is 4.16. The molecule has 0 bridgehead atoms. The quantitative estimate of drug-likeness (QED) is 0.517. The maximum Gasteiger partial charge on any atom is 0.0894 e. The van der Waals surface area contributed by atoms with Crippen LogP contribution in [0.25, 0.3) is 0 Å². The molecule has 66 valence electrons. The maximum absolute atomic E-state index is 8.96. The SMILES string of the molecule is CC1(CNC[C@H](O)CO)CC1. The van der Waals surface area contributed by atoms with Gasteiger partial charge in [-0.3, -0.25) is 0 Å². The van der Waals surface area contributed by atoms with Gasteiger partial charge >= 0.3 is 0 Å². The molecule has 0 aromatic rings. The van der Waals surface area contributed by atoms with E-state index in [1.807, 2.05) is 0 Å². The van der Waals surface area contributed by atoms with E-state index < -0.39 is 6.10 Å². The number of hydrogen-bond acceptors (Lipinski definition) is 3. The van der Waals surface area contributed by atoms with Crippen molar-refractivity contribution < 1.29 is 10.2 Å². The van der Waals surface area contributed by atoms with E-state index in [0.717, 1.165) is 6.54 Å². The molecule has 11 heavy (non-hydrogen) atoms. The van der Waals surface area contributed by atoms with Gasteiger partial charge in [-0.1, -0.05) is 6.92 Å². The average Bonchev–Trinajstić information content (AvgIpc) is 2.68. The lowest BCUT2D eigenvalue weighted by Gasteiger charge is -2.12. The lowest BCUT2D eigenvalue weighted by molar-refractivity contribution is 0.0935. The first-order chi connectivity index (χ1) is 5.16. The van der Waals surface area contributed by atoms with E-state index in [-0.39, 0.29) is 6.61 Å². The summed E-state index contributed by atoms with van der Waals surface area (Å²) < 4.78 is 0. The van der Waals surface area contributed by atoms with Gasteiger partial charge in [0, 0.05) is 13.1 Å². The topological polar surface area (TPSA) is 52.5 Å². The van der Waals surface area contributed by atoms with Gasteiger partial charge in [-0.05, 0) is 18.3 Å². The Morgan fingerprint density at radius 3 is 2.64 bits per heavy atom. The summed E-state index contributed by atoms with van der Waals surface area (Å²) in [4.78, 5) is 0. The van der Waals surface area contributed by atoms with Crippen LogP contribution in [0.3, 0.4) is 0 Å². The monoisotopic (exact) mass is 159 g/mol. The van der Waals surface area contributed by atoms with Crippen molar-refractivity contribution in [2.24, 2.45) is 5.41 Å². The molecule has 0 unspecified atom stereocenters.